The fraction of sp³-hybridized carbons (Fsp3) is 0.378. The van der Waals surface area contributed by atoms with Crippen molar-refractivity contribution in [2.75, 3.05) is 13.2 Å². The lowest BCUT2D eigenvalue weighted by atomic mass is 9.95. The standard InChI is InChI=1S/C37H44O3/c1-4-5-6-7-8-9-10-35(38)33-23-19-31(20-24-33)17-15-29-11-13-30(14-12-29)16-18-32-21-25-34(26-22-32)36-39-27-37(2,3)28-40-36/h11-26,36H,4-10,27-28H2,1-3H3/b17-15+,18-16+. The highest BCUT2D eigenvalue weighted by Crippen LogP contribution is 2.31. The van der Waals surface area contributed by atoms with Gasteiger partial charge in [-0.25, -0.2) is 0 Å². The van der Waals surface area contributed by atoms with Crippen LogP contribution in [0.25, 0.3) is 24.3 Å². The van der Waals surface area contributed by atoms with E-state index in [1.165, 1.54) is 25.7 Å². The van der Waals surface area contributed by atoms with Crippen LogP contribution in [0.1, 0.15) is 110 Å². The third-order valence-electron chi connectivity index (χ3n) is 7.32. The molecule has 3 aromatic rings. The van der Waals surface area contributed by atoms with Crippen molar-refractivity contribution in [3.63, 3.8) is 0 Å². The van der Waals surface area contributed by atoms with E-state index in [0.717, 1.165) is 46.2 Å². The molecule has 0 aromatic heterocycles. The molecular weight excluding hydrogens is 492 g/mol. The van der Waals surface area contributed by atoms with Gasteiger partial charge in [-0.05, 0) is 28.7 Å². The Labute approximate surface area is 240 Å². The number of ketones is 1. The van der Waals surface area contributed by atoms with Gasteiger partial charge in [0.05, 0.1) is 13.2 Å². The molecule has 1 aliphatic heterocycles. The minimum Gasteiger partial charge on any atom is -0.348 e. The second-order valence-electron chi connectivity index (χ2n) is 11.7. The zero-order chi connectivity index (χ0) is 28.2. The van der Waals surface area contributed by atoms with Crippen LogP contribution >= 0.6 is 0 Å². The van der Waals surface area contributed by atoms with Gasteiger partial charge in [0.15, 0.2) is 12.1 Å². The van der Waals surface area contributed by atoms with Crippen LogP contribution in [0.4, 0.5) is 0 Å². The lowest BCUT2D eigenvalue weighted by Crippen LogP contribution is -2.33. The Morgan fingerprint density at radius 2 is 1.10 bits per heavy atom. The number of Topliss-reactive ketones (excluding diaryl/α,β-unsaturated/α-hetero) is 1. The summed E-state index contributed by atoms with van der Waals surface area (Å²) in [6.45, 7) is 7.94. The summed E-state index contributed by atoms with van der Waals surface area (Å²) in [6.07, 6.45) is 16.0. The molecule has 0 atom stereocenters. The molecule has 1 saturated heterocycles. The van der Waals surface area contributed by atoms with Gasteiger partial charge < -0.3 is 9.47 Å². The molecule has 0 N–H and O–H groups in total. The zero-order valence-corrected chi connectivity index (χ0v) is 24.4. The van der Waals surface area contributed by atoms with Gasteiger partial charge in [-0.1, -0.05) is 150 Å². The highest BCUT2D eigenvalue weighted by atomic mass is 16.7. The van der Waals surface area contributed by atoms with Gasteiger partial charge in [0.25, 0.3) is 0 Å². The van der Waals surface area contributed by atoms with Crippen LogP contribution < -0.4 is 0 Å². The quantitative estimate of drug-likeness (QED) is 0.124. The molecule has 0 spiro atoms. The van der Waals surface area contributed by atoms with Gasteiger partial charge >= 0.3 is 0 Å². The smallest absolute Gasteiger partial charge is 0.183 e. The third-order valence-corrected chi connectivity index (χ3v) is 7.32. The number of hydrogen-bond donors (Lipinski definition) is 0. The first kappa shape index (κ1) is 29.7. The molecule has 1 heterocycles. The Kier molecular flexibility index (Phi) is 11.1. The van der Waals surface area contributed by atoms with E-state index in [2.05, 4.69) is 93.6 Å². The number of benzene rings is 3. The van der Waals surface area contributed by atoms with Gasteiger partial charge in [-0.15, -0.1) is 0 Å². The first-order chi connectivity index (χ1) is 19.4. The number of carbonyl (C=O) groups excluding carboxylic acids is 1. The first-order valence-electron chi connectivity index (χ1n) is 14.8. The van der Waals surface area contributed by atoms with Gasteiger partial charge in [0.1, 0.15) is 0 Å². The largest absolute Gasteiger partial charge is 0.348 e. The molecule has 0 radical (unpaired) electrons. The predicted molar refractivity (Wildman–Crippen MR) is 168 cm³/mol. The topological polar surface area (TPSA) is 35.5 Å². The molecule has 0 aliphatic carbocycles. The molecule has 210 valence electrons. The summed E-state index contributed by atoms with van der Waals surface area (Å²) in [4.78, 5) is 12.5. The molecule has 0 unspecified atom stereocenters. The lowest BCUT2D eigenvalue weighted by Gasteiger charge is -2.34. The number of rotatable bonds is 13. The molecule has 3 aromatic carbocycles. The van der Waals surface area contributed by atoms with Crippen LogP contribution in [0.5, 0.6) is 0 Å². The lowest BCUT2D eigenvalue weighted by molar-refractivity contribution is -0.226. The Hall–Kier alpha value is -3.27. The maximum atomic E-state index is 12.5. The fourth-order valence-electron chi connectivity index (χ4n) is 4.74. The van der Waals surface area contributed by atoms with Crippen molar-refractivity contribution in [3.8, 4) is 0 Å². The fourth-order valence-corrected chi connectivity index (χ4v) is 4.74. The molecule has 40 heavy (non-hydrogen) atoms. The SMILES string of the molecule is CCCCCCCCC(=O)c1ccc(/C=C/c2ccc(/C=C/c3ccc(C4OCC(C)(C)CO4)cc3)cc2)cc1. The van der Waals surface area contributed by atoms with E-state index in [1.807, 2.05) is 24.3 Å². The van der Waals surface area contributed by atoms with Gasteiger partial charge in [-0.2, -0.15) is 0 Å². The van der Waals surface area contributed by atoms with Gasteiger partial charge in [0.2, 0.25) is 0 Å². The maximum absolute atomic E-state index is 12.5. The van der Waals surface area contributed by atoms with Crippen LogP contribution in [0, 0.1) is 5.41 Å². The zero-order valence-electron chi connectivity index (χ0n) is 24.4. The molecule has 0 bridgehead atoms. The molecule has 3 nitrogen and oxygen atoms in total. The summed E-state index contributed by atoms with van der Waals surface area (Å²) in [5.74, 6) is 0.252. The summed E-state index contributed by atoms with van der Waals surface area (Å²) in [5, 5.41) is 0. The Bertz CT molecular complexity index is 1240. The summed E-state index contributed by atoms with van der Waals surface area (Å²) < 4.78 is 11.8. The second kappa shape index (κ2) is 14.9. The number of carbonyl (C=O) groups is 1. The summed E-state index contributed by atoms with van der Waals surface area (Å²) >= 11 is 0. The molecular formula is C37H44O3. The summed E-state index contributed by atoms with van der Waals surface area (Å²) in [6, 6.07) is 24.8. The number of unbranched alkanes of at least 4 members (excludes halogenated alkanes) is 5. The van der Waals surface area contributed by atoms with Crippen LogP contribution in [0.15, 0.2) is 72.8 Å². The molecule has 0 amide bonds. The minimum atomic E-state index is -0.276. The van der Waals surface area contributed by atoms with Crippen molar-refractivity contribution in [1.29, 1.82) is 0 Å². The predicted octanol–water partition coefficient (Wildman–Crippen LogP) is 10.0. The minimum absolute atomic E-state index is 0.0736. The van der Waals surface area contributed by atoms with Crippen molar-refractivity contribution >= 4 is 30.1 Å². The molecule has 4 rings (SSSR count). The van der Waals surface area contributed by atoms with E-state index >= 15 is 0 Å². The normalized spacial score (nSPS) is 15.7. The highest BCUT2D eigenvalue weighted by molar-refractivity contribution is 5.96. The van der Waals surface area contributed by atoms with Crippen molar-refractivity contribution in [3.05, 3.63) is 106 Å². The van der Waals surface area contributed by atoms with Gasteiger partial charge in [-0.3, -0.25) is 4.79 Å². The highest BCUT2D eigenvalue weighted by Gasteiger charge is 2.29. The molecule has 0 saturated carbocycles. The molecule has 3 heteroatoms. The molecule has 1 aliphatic rings. The molecule has 1 fully saturated rings. The van der Waals surface area contributed by atoms with E-state index in [1.54, 1.807) is 0 Å². The summed E-state index contributed by atoms with van der Waals surface area (Å²) in [7, 11) is 0. The maximum Gasteiger partial charge on any atom is 0.183 e. The Balaban J connectivity index is 1.23. The van der Waals surface area contributed by atoms with E-state index in [4.69, 9.17) is 9.47 Å². The van der Waals surface area contributed by atoms with E-state index in [0.29, 0.717) is 19.6 Å². The third kappa shape index (κ3) is 9.43. The van der Waals surface area contributed by atoms with Crippen molar-refractivity contribution < 1.29 is 14.3 Å². The van der Waals surface area contributed by atoms with Crippen molar-refractivity contribution in [2.24, 2.45) is 5.41 Å². The van der Waals surface area contributed by atoms with E-state index < -0.39 is 0 Å². The van der Waals surface area contributed by atoms with Crippen molar-refractivity contribution in [2.45, 2.75) is 72.0 Å². The number of ether oxygens (including phenoxy) is 2. The van der Waals surface area contributed by atoms with Gasteiger partial charge in [0, 0.05) is 23.0 Å². The van der Waals surface area contributed by atoms with Crippen molar-refractivity contribution in [1.82, 2.24) is 0 Å². The average Bonchev–Trinajstić information content (AvgIpc) is 2.98. The Morgan fingerprint density at radius 3 is 1.60 bits per heavy atom. The Morgan fingerprint density at radius 1 is 0.675 bits per heavy atom. The van der Waals surface area contributed by atoms with Crippen LogP contribution in [-0.2, 0) is 9.47 Å². The summed E-state index contributed by atoms with van der Waals surface area (Å²) in [5.41, 5.74) is 6.46. The van der Waals surface area contributed by atoms with Crippen LogP contribution in [0.2, 0.25) is 0 Å². The monoisotopic (exact) mass is 536 g/mol. The average molecular weight is 537 g/mol. The van der Waals surface area contributed by atoms with E-state index in [-0.39, 0.29) is 17.5 Å². The first-order valence-corrected chi connectivity index (χ1v) is 14.8. The second-order valence-corrected chi connectivity index (χ2v) is 11.7. The van der Waals surface area contributed by atoms with Crippen LogP contribution in [-0.4, -0.2) is 19.0 Å². The van der Waals surface area contributed by atoms with Crippen LogP contribution in [0.3, 0.4) is 0 Å². The van der Waals surface area contributed by atoms with E-state index in [9.17, 15) is 4.79 Å². The number of hydrogen-bond acceptors (Lipinski definition) is 3.